The van der Waals surface area contributed by atoms with E-state index in [2.05, 4.69) is 0 Å². The molecule has 2 aliphatic heterocycles. The number of methoxy groups -OCH3 is 2. The van der Waals surface area contributed by atoms with Gasteiger partial charge in [-0.15, -0.1) is 0 Å². The number of carbonyl (C=O) groups is 3. The average Bonchev–Trinajstić information content (AvgIpc) is 3.47. The lowest BCUT2D eigenvalue weighted by Crippen LogP contribution is -2.48. The molecule has 0 saturated carbocycles. The van der Waals surface area contributed by atoms with E-state index < -0.39 is 23.4 Å². The maximum absolute atomic E-state index is 14.7. The Labute approximate surface area is 248 Å². The van der Waals surface area contributed by atoms with Crippen molar-refractivity contribution in [2.24, 2.45) is 5.41 Å². The summed E-state index contributed by atoms with van der Waals surface area (Å²) in [5.74, 6) is -0.686. The zero-order valence-corrected chi connectivity index (χ0v) is 23.7. The number of nitrogens with zero attached hydrogens (tertiary/aromatic N) is 1. The molecule has 3 atom stereocenters. The fraction of sp³-hybridized carbons (Fsp3) is 0.171. The number of anilines is 1. The molecule has 1 spiro atoms. The van der Waals surface area contributed by atoms with Gasteiger partial charge in [0.15, 0.2) is 28.8 Å². The van der Waals surface area contributed by atoms with Gasteiger partial charge in [-0.05, 0) is 53.6 Å². The van der Waals surface area contributed by atoms with Crippen LogP contribution in [-0.4, -0.2) is 43.7 Å². The molecule has 0 amide bonds. The van der Waals surface area contributed by atoms with Crippen molar-refractivity contribution in [1.29, 1.82) is 0 Å². The maximum atomic E-state index is 14.7. The van der Waals surface area contributed by atoms with Gasteiger partial charge in [0.1, 0.15) is 11.5 Å². The van der Waals surface area contributed by atoms with Crippen LogP contribution in [0.1, 0.15) is 48.1 Å². The Bertz CT molecular complexity index is 1780. The lowest BCUT2D eigenvalue weighted by atomic mass is 9.64. The van der Waals surface area contributed by atoms with Crippen LogP contribution >= 0.6 is 11.6 Å². The number of benzene rings is 4. The van der Waals surface area contributed by atoms with E-state index in [1.54, 1.807) is 67.8 Å². The van der Waals surface area contributed by atoms with Crippen LogP contribution in [0.15, 0.2) is 97.1 Å². The van der Waals surface area contributed by atoms with Crippen molar-refractivity contribution in [1.82, 2.24) is 0 Å². The van der Waals surface area contributed by atoms with Gasteiger partial charge in [0.25, 0.3) is 0 Å². The van der Waals surface area contributed by atoms with E-state index >= 15 is 0 Å². The number of rotatable bonds is 5. The number of ether oxygens (including phenoxy) is 2. The Morgan fingerprint density at radius 2 is 1.45 bits per heavy atom. The summed E-state index contributed by atoms with van der Waals surface area (Å²) in [5.41, 5.74) is 1.92. The first-order chi connectivity index (χ1) is 20.4. The summed E-state index contributed by atoms with van der Waals surface area (Å²) >= 11 is 6.18. The van der Waals surface area contributed by atoms with Crippen molar-refractivity contribution >= 4 is 40.7 Å². The Balaban J connectivity index is 1.55. The van der Waals surface area contributed by atoms with Crippen molar-refractivity contribution < 1.29 is 23.9 Å². The minimum Gasteiger partial charge on any atom is -0.493 e. The van der Waals surface area contributed by atoms with E-state index in [1.807, 2.05) is 47.4 Å². The largest absolute Gasteiger partial charge is 0.493 e. The van der Waals surface area contributed by atoms with Gasteiger partial charge in [0.2, 0.25) is 0 Å². The Kier molecular flexibility index (Phi) is 6.06. The van der Waals surface area contributed by atoms with E-state index in [9.17, 15) is 14.4 Å². The molecule has 42 heavy (non-hydrogen) atoms. The van der Waals surface area contributed by atoms with Gasteiger partial charge in [-0.1, -0.05) is 72.3 Å². The van der Waals surface area contributed by atoms with Crippen molar-refractivity contribution in [3.05, 3.63) is 130 Å². The van der Waals surface area contributed by atoms with Crippen molar-refractivity contribution in [3.63, 3.8) is 0 Å². The number of para-hydroxylation sites is 1. The Hall–Kier alpha value is -4.68. The molecule has 2 heterocycles. The summed E-state index contributed by atoms with van der Waals surface area (Å²) in [6.07, 6.45) is 3.86. The number of Topliss-reactive ketones (excluding diaryl/α,β-unsaturated/α-hetero) is 3. The van der Waals surface area contributed by atoms with Crippen LogP contribution in [0.5, 0.6) is 11.5 Å². The van der Waals surface area contributed by atoms with E-state index in [1.165, 1.54) is 7.11 Å². The summed E-state index contributed by atoms with van der Waals surface area (Å²) in [6, 6.07) is 25.2. The highest BCUT2D eigenvalue weighted by Gasteiger charge is 2.71. The zero-order valence-electron chi connectivity index (χ0n) is 22.9. The third-order valence-electron chi connectivity index (χ3n) is 8.88. The molecule has 0 bridgehead atoms. The molecule has 4 aromatic rings. The standard InChI is InChI=1S/C35H26ClNO5/c1-41-27-17-13-22(19-28(27)42-2)30-31(32(38)21-11-15-23(36)16-12-21)37-26-10-6-3-7-20(26)14-18-29(37)35(30)33(39)24-8-4-5-9-25(24)34(35)40/h3-19,29-31H,1-2H3/t29-,30+,31-/m1/s1. The molecule has 0 unspecified atom stereocenters. The molecule has 6 nitrogen and oxygen atoms in total. The van der Waals surface area contributed by atoms with Gasteiger partial charge in [-0.25, -0.2) is 0 Å². The highest BCUT2D eigenvalue weighted by molar-refractivity contribution is 6.32. The third kappa shape index (κ3) is 3.48. The first-order valence-corrected chi connectivity index (χ1v) is 14.1. The van der Waals surface area contributed by atoms with Crippen LogP contribution in [0.4, 0.5) is 5.69 Å². The molecule has 0 aromatic heterocycles. The second-order valence-electron chi connectivity index (χ2n) is 10.8. The van der Waals surface area contributed by atoms with Gasteiger partial charge in [-0.2, -0.15) is 0 Å². The van der Waals surface area contributed by atoms with Crippen LogP contribution in [0, 0.1) is 5.41 Å². The summed E-state index contributed by atoms with van der Waals surface area (Å²) in [6.45, 7) is 0. The van der Waals surface area contributed by atoms with Crippen LogP contribution in [0.25, 0.3) is 6.08 Å². The molecule has 1 saturated heterocycles. The van der Waals surface area contributed by atoms with Crippen molar-refractivity contribution in [3.8, 4) is 11.5 Å². The van der Waals surface area contributed by atoms with Gasteiger partial charge >= 0.3 is 0 Å². The van der Waals surface area contributed by atoms with Gasteiger partial charge in [-0.3, -0.25) is 14.4 Å². The fourth-order valence-corrected chi connectivity index (χ4v) is 7.25. The smallest absolute Gasteiger partial charge is 0.185 e. The summed E-state index contributed by atoms with van der Waals surface area (Å²) in [4.78, 5) is 46.2. The molecule has 208 valence electrons. The molecule has 0 N–H and O–H groups in total. The minimum atomic E-state index is -1.60. The molecule has 4 aromatic carbocycles. The summed E-state index contributed by atoms with van der Waals surface area (Å²) < 4.78 is 11.1. The molecule has 0 radical (unpaired) electrons. The Morgan fingerprint density at radius 1 is 0.810 bits per heavy atom. The van der Waals surface area contributed by atoms with Gasteiger partial charge < -0.3 is 14.4 Å². The normalized spacial score (nSPS) is 21.2. The van der Waals surface area contributed by atoms with E-state index in [-0.39, 0.29) is 17.3 Å². The number of halogens is 1. The Morgan fingerprint density at radius 3 is 2.12 bits per heavy atom. The second kappa shape index (κ2) is 9.71. The minimum absolute atomic E-state index is 0.213. The second-order valence-corrected chi connectivity index (χ2v) is 11.2. The summed E-state index contributed by atoms with van der Waals surface area (Å²) in [5, 5.41) is 0.506. The summed E-state index contributed by atoms with van der Waals surface area (Å²) in [7, 11) is 3.08. The predicted molar refractivity (Wildman–Crippen MR) is 161 cm³/mol. The third-order valence-corrected chi connectivity index (χ3v) is 9.13. The molecule has 1 fully saturated rings. The first-order valence-electron chi connectivity index (χ1n) is 13.7. The van der Waals surface area contributed by atoms with Crippen molar-refractivity contribution in [2.75, 3.05) is 19.1 Å². The SMILES string of the molecule is COc1ccc([C@H]2[C@H](C(=O)c3ccc(Cl)cc3)N3c4ccccc4C=C[C@@H]3C23C(=O)c2ccccc2C3=O)cc1OC. The molecule has 7 heteroatoms. The maximum Gasteiger partial charge on any atom is 0.185 e. The number of hydrogen-bond donors (Lipinski definition) is 0. The molecule has 7 rings (SSSR count). The first kappa shape index (κ1) is 26.2. The fourth-order valence-electron chi connectivity index (χ4n) is 7.12. The number of ketones is 3. The van der Waals surface area contributed by atoms with E-state index in [4.69, 9.17) is 21.1 Å². The van der Waals surface area contributed by atoms with Crippen LogP contribution in [0.2, 0.25) is 5.02 Å². The van der Waals surface area contributed by atoms with Crippen LogP contribution in [0.3, 0.4) is 0 Å². The molecule has 1 aliphatic carbocycles. The number of carbonyl (C=O) groups excluding carboxylic acids is 3. The van der Waals surface area contributed by atoms with E-state index in [0.29, 0.717) is 38.8 Å². The van der Waals surface area contributed by atoms with Gasteiger partial charge in [0.05, 0.1) is 20.3 Å². The number of hydrogen-bond acceptors (Lipinski definition) is 6. The van der Waals surface area contributed by atoms with Crippen LogP contribution in [-0.2, 0) is 0 Å². The monoisotopic (exact) mass is 575 g/mol. The number of fused-ring (bicyclic) bond motifs is 5. The van der Waals surface area contributed by atoms with Gasteiger partial charge in [0, 0.05) is 33.3 Å². The predicted octanol–water partition coefficient (Wildman–Crippen LogP) is 6.67. The average molecular weight is 576 g/mol. The molecule has 3 aliphatic rings. The highest BCUT2D eigenvalue weighted by atomic mass is 35.5. The highest BCUT2D eigenvalue weighted by Crippen LogP contribution is 2.61. The molecular weight excluding hydrogens is 550 g/mol. The van der Waals surface area contributed by atoms with Crippen molar-refractivity contribution in [2.45, 2.75) is 18.0 Å². The topological polar surface area (TPSA) is 72.9 Å². The quantitative estimate of drug-likeness (QED) is 0.195. The van der Waals surface area contributed by atoms with E-state index in [0.717, 1.165) is 11.3 Å². The lowest BCUT2D eigenvalue weighted by Gasteiger charge is -2.37. The zero-order chi connectivity index (χ0) is 29.2. The lowest BCUT2D eigenvalue weighted by molar-refractivity contribution is 0.0665. The van der Waals surface area contributed by atoms with Crippen LogP contribution < -0.4 is 14.4 Å². The molecular formula is C35H26ClNO5.